The lowest BCUT2D eigenvalue weighted by atomic mass is 9.78. The van der Waals surface area contributed by atoms with E-state index in [-0.39, 0.29) is 5.91 Å². The van der Waals surface area contributed by atoms with Gasteiger partial charge in [-0.1, -0.05) is 44.9 Å². The van der Waals surface area contributed by atoms with Gasteiger partial charge >= 0.3 is 0 Å². The number of amides is 1. The van der Waals surface area contributed by atoms with Gasteiger partial charge in [-0.2, -0.15) is 0 Å². The van der Waals surface area contributed by atoms with E-state index in [4.69, 9.17) is 17.0 Å². The second-order valence-corrected chi connectivity index (χ2v) is 6.95. The lowest BCUT2D eigenvalue weighted by Crippen LogP contribution is -2.52. The first-order valence-corrected chi connectivity index (χ1v) is 9.09. The maximum atomic E-state index is 11.9. The molecular weight excluding hydrogens is 334 g/mol. The Balaban J connectivity index is 1.79. The van der Waals surface area contributed by atoms with Crippen molar-refractivity contribution in [2.24, 2.45) is 11.8 Å². The number of carbonyl (C=O) groups excluding carboxylic acids is 1. The van der Waals surface area contributed by atoms with E-state index >= 15 is 0 Å². The number of hydrogen-bond acceptors (Lipinski definition) is 3. The summed E-state index contributed by atoms with van der Waals surface area (Å²) in [6, 6.07) is 7.86. The zero-order chi connectivity index (χ0) is 18.2. The smallest absolute Gasteiger partial charge is 0.262 e. The normalized spacial score (nSPS) is 23.1. The minimum absolute atomic E-state index is 0.278. The van der Waals surface area contributed by atoms with Gasteiger partial charge in [0.15, 0.2) is 5.11 Å². The number of hydrazine groups is 1. The molecule has 3 N–H and O–H groups in total. The molecule has 1 saturated carbocycles. The highest BCUT2D eigenvalue weighted by Crippen LogP contribution is 2.29. The van der Waals surface area contributed by atoms with Crippen molar-refractivity contribution in [1.29, 1.82) is 0 Å². The second kappa shape index (κ2) is 9.42. The van der Waals surface area contributed by atoms with Gasteiger partial charge < -0.3 is 10.1 Å². The molecule has 1 aliphatic rings. The van der Waals surface area contributed by atoms with Crippen LogP contribution in [0.15, 0.2) is 30.3 Å². The summed E-state index contributed by atoms with van der Waals surface area (Å²) in [5, 5.41) is 3.76. The molecule has 0 unspecified atom stereocenters. The predicted octanol–water partition coefficient (Wildman–Crippen LogP) is 3.03. The van der Waals surface area contributed by atoms with Crippen molar-refractivity contribution in [2.45, 2.75) is 39.2 Å². The molecule has 0 bridgehead atoms. The number of nitrogens with one attached hydrogen (secondary N) is 3. The lowest BCUT2D eigenvalue weighted by molar-refractivity contribution is -0.116. The molecule has 0 aromatic heterocycles. The Morgan fingerprint density at radius 2 is 2.00 bits per heavy atom. The molecule has 5 nitrogen and oxygen atoms in total. The van der Waals surface area contributed by atoms with Crippen LogP contribution in [0.4, 0.5) is 0 Å². The number of rotatable bonds is 4. The van der Waals surface area contributed by atoms with E-state index in [1.54, 1.807) is 13.2 Å². The number of thiocarbonyl (C=S) groups is 1. The molecule has 1 amide bonds. The molecule has 0 radical (unpaired) electrons. The van der Waals surface area contributed by atoms with Crippen molar-refractivity contribution >= 4 is 29.3 Å². The molecule has 1 aromatic carbocycles. The Labute approximate surface area is 155 Å². The monoisotopic (exact) mass is 361 g/mol. The first-order valence-electron chi connectivity index (χ1n) is 8.69. The van der Waals surface area contributed by atoms with Gasteiger partial charge in [0.2, 0.25) is 0 Å². The van der Waals surface area contributed by atoms with Crippen LogP contribution in [0.2, 0.25) is 0 Å². The fraction of sp³-hybridized carbons (Fsp3) is 0.474. The maximum Gasteiger partial charge on any atom is 0.262 e. The first-order chi connectivity index (χ1) is 12.0. The SMILES string of the molecule is COc1ccccc1/C=C/C(=O)NNC(=S)N[C@H]1CCC[C@H](C)[C@H]1C. The summed E-state index contributed by atoms with van der Waals surface area (Å²) < 4.78 is 5.25. The predicted molar refractivity (Wildman–Crippen MR) is 105 cm³/mol. The van der Waals surface area contributed by atoms with Gasteiger partial charge in [0, 0.05) is 17.7 Å². The average Bonchev–Trinajstić information content (AvgIpc) is 2.62. The highest BCUT2D eigenvalue weighted by atomic mass is 32.1. The van der Waals surface area contributed by atoms with Crippen LogP contribution < -0.4 is 20.9 Å². The molecule has 2 rings (SSSR count). The molecular formula is C19H27N3O2S. The van der Waals surface area contributed by atoms with E-state index < -0.39 is 0 Å². The fourth-order valence-corrected chi connectivity index (χ4v) is 3.32. The number of carbonyl (C=O) groups is 1. The van der Waals surface area contributed by atoms with Crippen LogP contribution in [0.5, 0.6) is 5.75 Å². The molecule has 0 spiro atoms. The second-order valence-electron chi connectivity index (χ2n) is 6.54. The zero-order valence-electron chi connectivity index (χ0n) is 15.0. The van der Waals surface area contributed by atoms with Crippen LogP contribution in [0.3, 0.4) is 0 Å². The fourth-order valence-electron chi connectivity index (χ4n) is 3.12. The molecule has 25 heavy (non-hydrogen) atoms. The Morgan fingerprint density at radius 3 is 2.76 bits per heavy atom. The molecule has 3 atom stereocenters. The van der Waals surface area contributed by atoms with Crippen LogP contribution >= 0.6 is 12.2 Å². The molecule has 6 heteroatoms. The first kappa shape index (κ1) is 19.2. The van der Waals surface area contributed by atoms with Crippen molar-refractivity contribution in [3.8, 4) is 5.75 Å². The van der Waals surface area contributed by atoms with E-state index in [0.29, 0.717) is 23.0 Å². The van der Waals surface area contributed by atoms with E-state index in [1.165, 1.54) is 18.9 Å². The summed E-state index contributed by atoms with van der Waals surface area (Å²) in [7, 11) is 1.60. The van der Waals surface area contributed by atoms with Gasteiger partial charge in [0.1, 0.15) is 5.75 Å². The van der Waals surface area contributed by atoms with Crippen LogP contribution in [0.25, 0.3) is 6.08 Å². The molecule has 1 aromatic rings. The summed E-state index contributed by atoms with van der Waals surface area (Å²) in [6.45, 7) is 4.53. The van der Waals surface area contributed by atoms with E-state index in [9.17, 15) is 4.79 Å². The third-order valence-corrected chi connectivity index (χ3v) is 5.10. The van der Waals surface area contributed by atoms with Crippen LogP contribution in [0.1, 0.15) is 38.7 Å². The largest absolute Gasteiger partial charge is 0.496 e. The minimum atomic E-state index is -0.278. The number of hydrogen-bond donors (Lipinski definition) is 3. The van der Waals surface area contributed by atoms with Crippen LogP contribution in [0, 0.1) is 11.8 Å². The molecule has 136 valence electrons. The lowest BCUT2D eigenvalue weighted by Gasteiger charge is -2.35. The zero-order valence-corrected chi connectivity index (χ0v) is 15.9. The summed E-state index contributed by atoms with van der Waals surface area (Å²) >= 11 is 5.28. The van der Waals surface area contributed by atoms with E-state index in [1.807, 2.05) is 24.3 Å². The van der Waals surface area contributed by atoms with Gasteiger partial charge in [-0.3, -0.25) is 15.6 Å². The van der Waals surface area contributed by atoms with Crippen molar-refractivity contribution < 1.29 is 9.53 Å². The number of para-hydroxylation sites is 1. The van der Waals surface area contributed by atoms with E-state index in [2.05, 4.69) is 30.0 Å². The van der Waals surface area contributed by atoms with Crippen molar-refractivity contribution in [3.63, 3.8) is 0 Å². The number of methoxy groups -OCH3 is 1. The number of benzene rings is 1. The standard InChI is InChI=1S/C19H27N3O2S/c1-13-7-6-9-16(14(13)2)20-19(25)22-21-18(23)12-11-15-8-4-5-10-17(15)24-3/h4-5,8,10-14,16H,6-7,9H2,1-3H3,(H,21,23)(H2,20,22,25)/b12-11+/t13-,14+,16-/m0/s1. The molecule has 1 aliphatic carbocycles. The number of ether oxygens (including phenoxy) is 1. The summed E-state index contributed by atoms with van der Waals surface area (Å²) in [4.78, 5) is 11.9. The quantitative estimate of drug-likeness (QED) is 0.437. The highest BCUT2D eigenvalue weighted by molar-refractivity contribution is 7.80. The van der Waals surface area contributed by atoms with Gasteiger partial charge in [-0.25, -0.2) is 0 Å². The third-order valence-electron chi connectivity index (χ3n) is 4.88. The Hall–Kier alpha value is -2.08. The maximum absolute atomic E-state index is 11.9. The molecule has 0 heterocycles. The third kappa shape index (κ3) is 5.74. The van der Waals surface area contributed by atoms with Crippen molar-refractivity contribution in [2.75, 3.05) is 7.11 Å². The Kier molecular flexibility index (Phi) is 7.25. The molecule has 0 saturated heterocycles. The minimum Gasteiger partial charge on any atom is -0.496 e. The Bertz CT molecular complexity index is 633. The Morgan fingerprint density at radius 1 is 1.24 bits per heavy atom. The molecule has 0 aliphatic heterocycles. The summed E-state index contributed by atoms with van der Waals surface area (Å²) in [5.74, 6) is 1.69. The molecule has 1 fully saturated rings. The average molecular weight is 362 g/mol. The summed E-state index contributed by atoms with van der Waals surface area (Å²) in [6.07, 6.45) is 6.73. The van der Waals surface area contributed by atoms with Gasteiger partial charge in [0.25, 0.3) is 5.91 Å². The van der Waals surface area contributed by atoms with Gasteiger partial charge in [0.05, 0.1) is 7.11 Å². The van der Waals surface area contributed by atoms with E-state index in [0.717, 1.165) is 17.7 Å². The van der Waals surface area contributed by atoms with Crippen LogP contribution in [-0.4, -0.2) is 24.2 Å². The van der Waals surface area contributed by atoms with Gasteiger partial charge in [-0.05, 0) is 42.6 Å². The van der Waals surface area contributed by atoms with Crippen LogP contribution in [-0.2, 0) is 4.79 Å². The topological polar surface area (TPSA) is 62.4 Å². The van der Waals surface area contributed by atoms with Crippen molar-refractivity contribution in [3.05, 3.63) is 35.9 Å². The summed E-state index contributed by atoms with van der Waals surface area (Å²) in [5.41, 5.74) is 6.19. The van der Waals surface area contributed by atoms with Gasteiger partial charge in [-0.15, -0.1) is 0 Å². The van der Waals surface area contributed by atoms with Crippen molar-refractivity contribution in [1.82, 2.24) is 16.2 Å². The highest BCUT2D eigenvalue weighted by Gasteiger charge is 2.27.